The summed E-state index contributed by atoms with van der Waals surface area (Å²) in [4.78, 5) is 0. The smallest absolute Gasteiger partial charge is 0.0721 e. The van der Waals surface area contributed by atoms with Crippen molar-refractivity contribution in [3.05, 3.63) is 47.5 Å². The molecule has 1 aromatic carbocycles. The highest BCUT2D eigenvalue weighted by Crippen LogP contribution is 2.02. The largest absolute Gasteiger partial charge is 0.373 e. The van der Waals surface area contributed by atoms with Gasteiger partial charge in [0, 0.05) is 13.1 Å². The zero-order valence-electron chi connectivity index (χ0n) is 8.20. The van der Waals surface area contributed by atoms with Gasteiger partial charge in [0.1, 0.15) is 0 Å². The number of nitrogens with one attached hydrogen (secondary N) is 1. The lowest BCUT2D eigenvalue weighted by Crippen LogP contribution is -2.33. The Kier molecular flexibility index (Phi) is 3.33. The van der Waals surface area contributed by atoms with Crippen molar-refractivity contribution in [2.24, 2.45) is 0 Å². The molecule has 2 heteroatoms. The summed E-state index contributed by atoms with van der Waals surface area (Å²) in [7, 11) is 0. The topological polar surface area (TPSA) is 21.3 Å². The summed E-state index contributed by atoms with van der Waals surface area (Å²) in [6.45, 7) is 3.51. The zero-order valence-corrected chi connectivity index (χ0v) is 8.20. The highest BCUT2D eigenvalue weighted by molar-refractivity contribution is 5.15. The fourth-order valence-corrected chi connectivity index (χ4v) is 1.34. The van der Waals surface area contributed by atoms with Crippen LogP contribution in [0, 0.1) is 0 Å². The van der Waals surface area contributed by atoms with Crippen molar-refractivity contribution in [2.45, 2.75) is 6.61 Å². The van der Waals surface area contributed by atoms with Crippen molar-refractivity contribution >= 4 is 0 Å². The second kappa shape index (κ2) is 4.94. The van der Waals surface area contributed by atoms with Crippen LogP contribution in [0.1, 0.15) is 5.56 Å². The molecule has 0 atom stereocenters. The molecule has 1 aliphatic rings. The summed E-state index contributed by atoms with van der Waals surface area (Å²) in [5.41, 5.74) is 2.69. The normalized spacial score (nSPS) is 15.0. The first-order valence-electron chi connectivity index (χ1n) is 4.95. The molecule has 1 saturated heterocycles. The average Bonchev–Trinajstić information content (AvgIpc) is 2.16. The number of hydrogen-bond acceptors (Lipinski definition) is 2. The molecule has 0 saturated carbocycles. The number of benzene rings is 1. The van der Waals surface area contributed by atoms with Crippen molar-refractivity contribution in [3.63, 3.8) is 0 Å². The first-order chi connectivity index (χ1) is 6.95. The summed E-state index contributed by atoms with van der Waals surface area (Å²) in [5, 5.41) is 3.20. The van der Waals surface area contributed by atoms with Crippen molar-refractivity contribution in [1.29, 1.82) is 0 Å². The Bertz CT molecular complexity index is 299. The highest BCUT2D eigenvalue weighted by Gasteiger charge is 2.04. The van der Waals surface area contributed by atoms with E-state index in [0.717, 1.165) is 19.7 Å². The molecule has 1 heterocycles. The number of hydrogen-bond donors (Lipinski definition) is 1. The van der Waals surface area contributed by atoms with Crippen LogP contribution in [0.5, 0.6) is 0 Å². The molecule has 0 radical (unpaired) electrons. The molecule has 0 amide bonds. The first-order valence-corrected chi connectivity index (χ1v) is 4.95. The van der Waals surface area contributed by atoms with Gasteiger partial charge in [0.2, 0.25) is 0 Å². The molecule has 1 N–H and O–H groups in total. The molecule has 14 heavy (non-hydrogen) atoms. The van der Waals surface area contributed by atoms with Crippen LogP contribution in [0.4, 0.5) is 0 Å². The van der Waals surface area contributed by atoms with E-state index in [9.17, 15) is 0 Å². The van der Waals surface area contributed by atoms with Crippen molar-refractivity contribution in [1.82, 2.24) is 5.32 Å². The van der Waals surface area contributed by atoms with Crippen LogP contribution in [-0.2, 0) is 11.3 Å². The number of rotatable bonds is 4. The molecule has 2 nitrogen and oxygen atoms in total. The molecule has 74 valence electrons. The van der Waals surface area contributed by atoms with E-state index in [1.54, 1.807) is 0 Å². The van der Waals surface area contributed by atoms with E-state index in [1.807, 2.05) is 18.2 Å². The van der Waals surface area contributed by atoms with Crippen LogP contribution >= 0.6 is 0 Å². The Morgan fingerprint density at radius 1 is 1.21 bits per heavy atom. The first kappa shape index (κ1) is 9.44. The third-order valence-corrected chi connectivity index (χ3v) is 2.31. The molecule has 1 aliphatic heterocycles. The SMILES string of the molecule is C(COCc1ccccc1)=C1CNC1. The molecular formula is C12H15NO. The second-order valence-corrected chi connectivity index (χ2v) is 3.47. The molecular weight excluding hydrogens is 174 g/mol. The molecule has 0 unspecified atom stereocenters. The van der Waals surface area contributed by atoms with Gasteiger partial charge in [-0.25, -0.2) is 0 Å². The standard InChI is InChI=1S/C12H15NO/c1-2-4-11(5-3-1)10-14-7-6-12-8-13-9-12/h1-6,13H,7-10H2. The predicted molar refractivity (Wildman–Crippen MR) is 57.1 cm³/mol. The van der Waals surface area contributed by atoms with Crippen LogP contribution in [0.3, 0.4) is 0 Å². The van der Waals surface area contributed by atoms with Crippen LogP contribution in [0.25, 0.3) is 0 Å². The van der Waals surface area contributed by atoms with E-state index in [-0.39, 0.29) is 0 Å². The van der Waals surface area contributed by atoms with E-state index >= 15 is 0 Å². The molecule has 0 bridgehead atoms. The second-order valence-electron chi connectivity index (χ2n) is 3.47. The Labute approximate surface area is 84.6 Å². The summed E-state index contributed by atoms with van der Waals surface area (Å²) in [6, 6.07) is 10.3. The maximum Gasteiger partial charge on any atom is 0.0721 e. The van der Waals surface area contributed by atoms with Gasteiger partial charge in [-0.05, 0) is 11.1 Å². The van der Waals surface area contributed by atoms with Gasteiger partial charge in [0.15, 0.2) is 0 Å². The van der Waals surface area contributed by atoms with Gasteiger partial charge >= 0.3 is 0 Å². The lowest BCUT2D eigenvalue weighted by Gasteiger charge is -2.18. The van der Waals surface area contributed by atoms with E-state index in [2.05, 4.69) is 23.5 Å². The molecule has 2 rings (SSSR count). The molecule has 1 aromatic rings. The highest BCUT2D eigenvalue weighted by atomic mass is 16.5. The van der Waals surface area contributed by atoms with Crippen molar-refractivity contribution in [2.75, 3.05) is 19.7 Å². The maximum absolute atomic E-state index is 5.52. The third kappa shape index (κ3) is 2.69. The van der Waals surface area contributed by atoms with E-state index in [0.29, 0.717) is 6.61 Å². The van der Waals surface area contributed by atoms with Gasteiger partial charge in [0.05, 0.1) is 13.2 Å². The van der Waals surface area contributed by atoms with Crippen molar-refractivity contribution in [3.8, 4) is 0 Å². The maximum atomic E-state index is 5.52. The van der Waals surface area contributed by atoms with Crippen LogP contribution in [-0.4, -0.2) is 19.7 Å². The van der Waals surface area contributed by atoms with Gasteiger partial charge in [-0.3, -0.25) is 0 Å². The monoisotopic (exact) mass is 189 g/mol. The fraction of sp³-hybridized carbons (Fsp3) is 0.333. The fourth-order valence-electron chi connectivity index (χ4n) is 1.34. The number of ether oxygens (including phenoxy) is 1. The summed E-state index contributed by atoms with van der Waals surface area (Å²) < 4.78 is 5.52. The van der Waals surface area contributed by atoms with Gasteiger partial charge in [-0.15, -0.1) is 0 Å². The molecule has 0 spiro atoms. The van der Waals surface area contributed by atoms with E-state index in [1.165, 1.54) is 11.1 Å². The van der Waals surface area contributed by atoms with E-state index < -0.39 is 0 Å². The Balaban J connectivity index is 1.68. The zero-order chi connectivity index (χ0) is 9.64. The molecule has 1 fully saturated rings. The lowest BCUT2D eigenvalue weighted by atomic mass is 10.1. The summed E-state index contributed by atoms with van der Waals surface area (Å²) in [5.74, 6) is 0. The van der Waals surface area contributed by atoms with Crippen LogP contribution < -0.4 is 5.32 Å². The lowest BCUT2D eigenvalue weighted by molar-refractivity contribution is 0.148. The van der Waals surface area contributed by atoms with Crippen molar-refractivity contribution < 1.29 is 4.74 Å². The third-order valence-electron chi connectivity index (χ3n) is 2.31. The summed E-state index contributed by atoms with van der Waals surface area (Å²) >= 11 is 0. The molecule has 0 aromatic heterocycles. The van der Waals surface area contributed by atoms with Gasteiger partial charge < -0.3 is 10.1 Å². The average molecular weight is 189 g/mol. The molecule has 0 aliphatic carbocycles. The van der Waals surface area contributed by atoms with E-state index in [4.69, 9.17) is 4.74 Å². The Hall–Kier alpha value is -1.12. The van der Waals surface area contributed by atoms with Crippen LogP contribution in [0.15, 0.2) is 42.0 Å². The van der Waals surface area contributed by atoms with Gasteiger partial charge in [-0.1, -0.05) is 36.4 Å². The Morgan fingerprint density at radius 2 is 2.00 bits per heavy atom. The Morgan fingerprint density at radius 3 is 2.64 bits per heavy atom. The van der Waals surface area contributed by atoms with Gasteiger partial charge in [-0.2, -0.15) is 0 Å². The summed E-state index contributed by atoms with van der Waals surface area (Å²) in [6.07, 6.45) is 2.17. The predicted octanol–water partition coefficient (Wildman–Crippen LogP) is 1.73. The minimum Gasteiger partial charge on any atom is -0.373 e. The van der Waals surface area contributed by atoms with Crippen LogP contribution in [0.2, 0.25) is 0 Å². The quantitative estimate of drug-likeness (QED) is 0.575. The van der Waals surface area contributed by atoms with Gasteiger partial charge in [0.25, 0.3) is 0 Å². The minimum atomic E-state index is 0.706. The minimum absolute atomic E-state index is 0.706.